The molecular formula is C15H11Cl2FN2O5S. The fourth-order valence-electron chi connectivity index (χ4n) is 1.82. The molecule has 2 rings (SSSR count). The number of halogens is 3. The lowest BCUT2D eigenvalue weighted by Gasteiger charge is -2.09. The molecule has 0 aromatic heterocycles. The number of carbonyl (C=O) groups is 2. The van der Waals surface area contributed by atoms with E-state index in [0.29, 0.717) is 0 Å². The van der Waals surface area contributed by atoms with Crippen molar-refractivity contribution < 1.29 is 27.1 Å². The number of hydrogen-bond acceptors (Lipinski definition) is 5. The summed E-state index contributed by atoms with van der Waals surface area (Å²) in [5, 5.41) is 7.07. The van der Waals surface area contributed by atoms with Gasteiger partial charge in [-0.1, -0.05) is 23.2 Å². The van der Waals surface area contributed by atoms with E-state index >= 15 is 0 Å². The van der Waals surface area contributed by atoms with Gasteiger partial charge in [0.2, 0.25) is 10.0 Å². The Morgan fingerprint density at radius 1 is 1.12 bits per heavy atom. The van der Waals surface area contributed by atoms with Gasteiger partial charge in [0.1, 0.15) is 5.82 Å². The van der Waals surface area contributed by atoms with E-state index in [1.807, 2.05) is 0 Å². The van der Waals surface area contributed by atoms with E-state index in [-0.39, 0.29) is 26.2 Å². The van der Waals surface area contributed by atoms with Gasteiger partial charge in [-0.2, -0.15) is 0 Å². The molecule has 0 aliphatic carbocycles. The summed E-state index contributed by atoms with van der Waals surface area (Å²) in [5.41, 5.74) is -0.0671. The number of carbonyl (C=O) groups excluding carboxylic acids is 2. The van der Waals surface area contributed by atoms with Gasteiger partial charge < -0.3 is 10.1 Å². The van der Waals surface area contributed by atoms with Crippen molar-refractivity contribution in [1.29, 1.82) is 0 Å². The number of nitrogens with two attached hydrogens (primary N) is 1. The van der Waals surface area contributed by atoms with E-state index < -0.39 is 34.3 Å². The fourth-order valence-corrected chi connectivity index (χ4v) is 2.73. The molecule has 3 N–H and O–H groups in total. The van der Waals surface area contributed by atoms with Gasteiger partial charge in [0.05, 0.1) is 20.5 Å². The van der Waals surface area contributed by atoms with Crippen LogP contribution in [0, 0.1) is 5.82 Å². The number of nitrogens with one attached hydrogen (secondary N) is 1. The molecule has 0 spiro atoms. The van der Waals surface area contributed by atoms with E-state index in [4.69, 9.17) is 33.1 Å². The van der Waals surface area contributed by atoms with Crippen LogP contribution >= 0.6 is 23.2 Å². The molecule has 1 amide bonds. The molecule has 0 aliphatic rings. The molecule has 26 heavy (non-hydrogen) atoms. The number of benzene rings is 2. The minimum atomic E-state index is -4.04. The Kier molecular flexibility index (Phi) is 6.19. The lowest BCUT2D eigenvalue weighted by atomic mass is 10.2. The van der Waals surface area contributed by atoms with Crippen LogP contribution in [-0.2, 0) is 19.6 Å². The second-order valence-corrected chi connectivity index (χ2v) is 7.32. The zero-order valence-corrected chi connectivity index (χ0v) is 15.2. The SMILES string of the molecule is NS(=O)(=O)c1ccc(Cl)c(C(=O)OCC(=O)Nc2ccc(F)c(Cl)c2)c1. The third-order valence-electron chi connectivity index (χ3n) is 3.02. The molecule has 0 bridgehead atoms. The first kappa shape index (κ1) is 20.1. The Labute approximate surface area is 157 Å². The molecule has 2 aromatic carbocycles. The standard InChI is InChI=1S/C15H11Cl2FN2O5S/c16-11-3-2-9(26(19,23)24)6-10(11)15(22)25-7-14(21)20-8-1-4-13(18)12(17)5-8/h1-6H,7H2,(H,20,21)(H2,19,23,24). The minimum absolute atomic E-state index is 0.0758. The van der Waals surface area contributed by atoms with Gasteiger partial charge in [0, 0.05) is 5.69 Å². The Bertz CT molecular complexity index is 982. The van der Waals surface area contributed by atoms with Crippen LogP contribution in [0.25, 0.3) is 0 Å². The minimum Gasteiger partial charge on any atom is -0.452 e. The monoisotopic (exact) mass is 420 g/mol. The number of ether oxygens (including phenoxy) is 1. The predicted molar refractivity (Wildman–Crippen MR) is 93.1 cm³/mol. The van der Waals surface area contributed by atoms with E-state index in [2.05, 4.69) is 5.32 Å². The summed E-state index contributed by atoms with van der Waals surface area (Å²) in [6, 6.07) is 6.74. The van der Waals surface area contributed by atoms with Crippen LogP contribution in [0.15, 0.2) is 41.3 Å². The van der Waals surface area contributed by atoms with Crippen LogP contribution < -0.4 is 10.5 Å². The van der Waals surface area contributed by atoms with Gasteiger partial charge in [-0.3, -0.25) is 4.79 Å². The van der Waals surface area contributed by atoms with Crippen molar-refractivity contribution in [2.45, 2.75) is 4.90 Å². The fraction of sp³-hybridized carbons (Fsp3) is 0.0667. The maximum atomic E-state index is 13.1. The summed E-state index contributed by atoms with van der Waals surface area (Å²) in [7, 11) is -4.04. The highest BCUT2D eigenvalue weighted by Crippen LogP contribution is 2.21. The van der Waals surface area contributed by atoms with Crippen LogP contribution in [0.1, 0.15) is 10.4 Å². The van der Waals surface area contributed by atoms with Crippen LogP contribution in [0.3, 0.4) is 0 Å². The summed E-state index contributed by atoms with van der Waals surface area (Å²) < 4.78 is 40.5. The first-order valence-corrected chi connectivity index (χ1v) is 9.12. The second kappa shape index (κ2) is 8.00. The molecule has 138 valence electrons. The molecular weight excluding hydrogens is 410 g/mol. The predicted octanol–water partition coefficient (Wildman–Crippen LogP) is 2.58. The molecule has 0 fully saturated rings. The topological polar surface area (TPSA) is 116 Å². The molecule has 7 nitrogen and oxygen atoms in total. The number of primary sulfonamides is 1. The number of hydrogen-bond donors (Lipinski definition) is 2. The van der Waals surface area contributed by atoms with Gasteiger partial charge >= 0.3 is 5.97 Å². The lowest BCUT2D eigenvalue weighted by molar-refractivity contribution is -0.119. The third-order valence-corrected chi connectivity index (χ3v) is 4.55. The van der Waals surface area contributed by atoms with Crippen LogP contribution in [-0.4, -0.2) is 26.9 Å². The van der Waals surface area contributed by atoms with Gasteiger partial charge in [-0.05, 0) is 36.4 Å². The summed E-state index contributed by atoms with van der Waals surface area (Å²) >= 11 is 11.4. The highest BCUT2D eigenvalue weighted by Gasteiger charge is 2.18. The van der Waals surface area contributed by atoms with Crippen molar-refractivity contribution in [2.24, 2.45) is 5.14 Å². The molecule has 0 aliphatic heterocycles. The first-order chi connectivity index (χ1) is 12.1. The molecule has 0 atom stereocenters. The zero-order chi connectivity index (χ0) is 19.5. The van der Waals surface area contributed by atoms with Crippen molar-refractivity contribution in [3.05, 3.63) is 57.8 Å². The smallest absolute Gasteiger partial charge is 0.340 e. The molecule has 11 heteroatoms. The Hall–Kier alpha value is -2.20. The van der Waals surface area contributed by atoms with Crippen molar-refractivity contribution in [2.75, 3.05) is 11.9 Å². The second-order valence-electron chi connectivity index (χ2n) is 4.94. The van der Waals surface area contributed by atoms with E-state index in [0.717, 1.165) is 18.2 Å². The number of rotatable bonds is 5. The highest BCUT2D eigenvalue weighted by molar-refractivity contribution is 7.89. The molecule has 0 saturated heterocycles. The zero-order valence-electron chi connectivity index (χ0n) is 12.8. The van der Waals surface area contributed by atoms with Gasteiger partial charge in [-0.25, -0.2) is 22.7 Å². The molecule has 0 heterocycles. The molecule has 2 aromatic rings. The number of amides is 1. The van der Waals surface area contributed by atoms with E-state index in [1.165, 1.54) is 18.2 Å². The van der Waals surface area contributed by atoms with Crippen LogP contribution in [0.4, 0.5) is 10.1 Å². The average molecular weight is 421 g/mol. The Balaban J connectivity index is 2.04. The van der Waals surface area contributed by atoms with Crippen molar-refractivity contribution in [3.63, 3.8) is 0 Å². The van der Waals surface area contributed by atoms with Gasteiger partial charge in [0.25, 0.3) is 5.91 Å². The third kappa shape index (κ3) is 5.15. The summed E-state index contributed by atoms with van der Waals surface area (Å²) in [5.74, 6) is -2.40. The van der Waals surface area contributed by atoms with Crippen molar-refractivity contribution in [3.8, 4) is 0 Å². The summed E-state index contributed by atoms with van der Waals surface area (Å²) in [4.78, 5) is 23.5. The largest absolute Gasteiger partial charge is 0.452 e. The number of sulfonamides is 1. The Morgan fingerprint density at radius 2 is 1.81 bits per heavy atom. The van der Waals surface area contributed by atoms with Crippen molar-refractivity contribution >= 4 is 50.8 Å². The molecule has 0 unspecified atom stereocenters. The average Bonchev–Trinajstić information content (AvgIpc) is 2.55. The Morgan fingerprint density at radius 3 is 2.42 bits per heavy atom. The normalized spacial score (nSPS) is 11.1. The highest BCUT2D eigenvalue weighted by atomic mass is 35.5. The number of anilines is 1. The van der Waals surface area contributed by atoms with Crippen LogP contribution in [0.2, 0.25) is 10.0 Å². The van der Waals surface area contributed by atoms with Gasteiger partial charge in [0.15, 0.2) is 6.61 Å². The first-order valence-electron chi connectivity index (χ1n) is 6.82. The molecule has 0 radical (unpaired) electrons. The maximum Gasteiger partial charge on any atom is 0.340 e. The maximum absolute atomic E-state index is 13.1. The summed E-state index contributed by atoms with van der Waals surface area (Å²) in [6.07, 6.45) is 0. The quantitative estimate of drug-likeness (QED) is 0.720. The lowest BCUT2D eigenvalue weighted by Crippen LogP contribution is -2.21. The number of esters is 1. The van der Waals surface area contributed by atoms with Gasteiger partial charge in [-0.15, -0.1) is 0 Å². The van der Waals surface area contributed by atoms with E-state index in [1.54, 1.807) is 0 Å². The van der Waals surface area contributed by atoms with Crippen molar-refractivity contribution in [1.82, 2.24) is 0 Å². The van der Waals surface area contributed by atoms with E-state index in [9.17, 15) is 22.4 Å². The van der Waals surface area contributed by atoms with Crippen LogP contribution in [0.5, 0.6) is 0 Å². The summed E-state index contributed by atoms with van der Waals surface area (Å²) in [6.45, 7) is -0.691. The molecule has 0 saturated carbocycles.